The van der Waals surface area contributed by atoms with Gasteiger partial charge in [0.1, 0.15) is 0 Å². The van der Waals surface area contributed by atoms with Crippen molar-refractivity contribution in [1.82, 2.24) is 5.32 Å². The van der Waals surface area contributed by atoms with E-state index >= 15 is 0 Å². The summed E-state index contributed by atoms with van der Waals surface area (Å²) in [5.74, 6) is -0.412. The Kier molecular flexibility index (Phi) is 9.86. The molecule has 0 aliphatic heterocycles. The summed E-state index contributed by atoms with van der Waals surface area (Å²) in [4.78, 5) is 25.8. The van der Waals surface area contributed by atoms with Crippen molar-refractivity contribution in [3.63, 3.8) is 0 Å². The largest absolute Gasteiger partial charge is 0.352 e. The highest BCUT2D eigenvalue weighted by molar-refractivity contribution is 6.31. The fourth-order valence-electron chi connectivity index (χ4n) is 3.80. The molecule has 1 aromatic rings. The van der Waals surface area contributed by atoms with Gasteiger partial charge < -0.3 is 10.6 Å². The summed E-state index contributed by atoms with van der Waals surface area (Å²) in [5, 5.41) is 7.23. The van der Waals surface area contributed by atoms with E-state index in [-0.39, 0.29) is 30.1 Å². The van der Waals surface area contributed by atoms with Crippen LogP contribution in [0.5, 0.6) is 0 Å². The number of allylic oxidation sites excluding steroid dienone is 5. The minimum atomic E-state index is -0.395. The fraction of sp³-hybridized carbons (Fsp3) is 0.440. The molecule has 1 aliphatic rings. The van der Waals surface area contributed by atoms with Gasteiger partial charge in [-0.25, -0.2) is 0 Å². The number of halogens is 2. The van der Waals surface area contributed by atoms with Crippen LogP contribution in [-0.4, -0.2) is 18.4 Å². The molecule has 0 saturated carbocycles. The third kappa shape index (κ3) is 7.86. The molecule has 2 N–H and O–H groups in total. The Bertz CT molecular complexity index is 874. The van der Waals surface area contributed by atoms with E-state index in [0.717, 1.165) is 5.03 Å². The summed E-state index contributed by atoms with van der Waals surface area (Å²) in [6.07, 6.45) is 8.71. The van der Waals surface area contributed by atoms with Crippen molar-refractivity contribution in [2.75, 3.05) is 11.9 Å². The number of hydrogen-bond acceptors (Lipinski definition) is 2. The van der Waals surface area contributed by atoms with Gasteiger partial charge >= 0.3 is 0 Å². The van der Waals surface area contributed by atoms with Crippen molar-refractivity contribution in [2.24, 2.45) is 23.7 Å². The maximum Gasteiger partial charge on any atom is 0.227 e. The number of rotatable bonds is 9. The number of carbonyl (C=O) groups excluding carboxylic acids is 2. The molecule has 0 heterocycles. The quantitative estimate of drug-likeness (QED) is 0.420. The Labute approximate surface area is 195 Å². The molecule has 1 aromatic carbocycles. The Morgan fingerprint density at radius 1 is 1.23 bits per heavy atom. The van der Waals surface area contributed by atoms with Gasteiger partial charge in [-0.3, -0.25) is 9.59 Å². The van der Waals surface area contributed by atoms with E-state index in [4.69, 9.17) is 23.2 Å². The Hall–Kier alpha value is -2.04. The van der Waals surface area contributed by atoms with Gasteiger partial charge in [0.25, 0.3) is 0 Å². The van der Waals surface area contributed by atoms with Gasteiger partial charge in [-0.1, -0.05) is 73.8 Å². The van der Waals surface area contributed by atoms with E-state index in [9.17, 15) is 9.59 Å². The molecule has 2 unspecified atom stereocenters. The summed E-state index contributed by atoms with van der Waals surface area (Å²) in [6.45, 7) is 8.57. The molecular weight excluding hydrogens is 431 g/mol. The minimum absolute atomic E-state index is 0.00893. The normalized spacial score (nSPS) is 18.4. The van der Waals surface area contributed by atoms with Crippen LogP contribution in [-0.2, 0) is 9.59 Å². The monoisotopic (exact) mass is 462 g/mol. The van der Waals surface area contributed by atoms with Crippen molar-refractivity contribution in [1.29, 1.82) is 0 Å². The molecule has 2 rings (SSSR count). The predicted octanol–water partition coefficient (Wildman–Crippen LogP) is 6.34. The van der Waals surface area contributed by atoms with Crippen LogP contribution in [0, 0.1) is 23.7 Å². The van der Waals surface area contributed by atoms with Gasteiger partial charge in [0.05, 0.1) is 0 Å². The lowest BCUT2D eigenvalue weighted by Gasteiger charge is -2.30. The van der Waals surface area contributed by atoms with Gasteiger partial charge in [0, 0.05) is 34.6 Å². The van der Waals surface area contributed by atoms with Crippen molar-refractivity contribution in [3.05, 3.63) is 64.2 Å². The summed E-state index contributed by atoms with van der Waals surface area (Å²) in [6, 6.07) is 7.04. The zero-order chi connectivity index (χ0) is 23.0. The van der Waals surface area contributed by atoms with Crippen molar-refractivity contribution >= 4 is 40.7 Å². The predicted molar refractivity (Wildman–Crippen MR) is 130 cm³/mol. The van der Waals surface area contributed by atoms with E-state index in [1.807, 2.05) is 38.2 Å². The second-order valence-electron chi connectivity index (χ2n) is 8.32. The second-order valence-corrected chi connectivity index (χ2v) is 9.24. The first-order chi connectivity index (χ1) is 14.7. The maximum absolute atomic E-state index is 13.0. The molecule has 0 fully saturated rings. The highest BCUT2D eigenvalue weighted by Crippen LogP contribution is 2.35. The number of benzene rings is 1. The Morgan fingerprint density at radius 2 is 1.97 bits per heavy atom. The molecule has 2 amide bonds. The first-order valence-corrected chi connectivity index (χ1v) is 11.5. The third-order valence-electron chi connectivity index (χ3n) is 5.79. The average Bonchev–Trinajstić information content (AvgIpc) is 2.71. The van der Waals surface area contributed by atoms with Crippen LogP contribution in [0.3, 0.4) is 0 Å². The highest BCUT2D eigenvalue weighted by Gasteiger charge is 2.33. The van der Waals surface area contributed by atoms with E-state index in [0.29, 0.717) is 29.6 Å². The van der Waals surface area contributed by atoms with E-state index in [1.54, 1.807) is 24.3 Å². The van der Waals surface area contributed by atoms with Crippen LogP contribution in [0.15, 0.2) is 59.2 Å². The summed E-state index contributed by atoms with van der Waals surface area (Å²) < 4.78 is 0. The number of amides is 2. The molecule has 4 nitrogen and oxygen atoms in total. The maximum atomic E-state index is 13.0. The number of hydrogen-bond donors (Lipinski definition) is 2. The molecule has 0 radical (unpaired) electrons. The summed E-state index contributed by atoms with van der Waals surface area (Å²) >= 11 is 12.3. The van der Waals surface area contributed by atoms with Crippen LogP contribution >= 0.6 is 23.2 Å². The third-order valence-corrected chi connectivity index (χ3v) is 6.30. The van der Waals surface area contributed by atoms with Gasteiger partial charge in [0.15, 0.2) is 0 Å². The molecular formula is C25H32Cl2N2O2. The SMILES string of the molecule is C/C=C(/CNC(=O)CC(C1C=CC=C(Cl)C1)[C@@H](C)C(=O)Nc1cccc(Cl)c1)C(C)C. The zero-order valence-corrected chi connectivity index (χ0v) is 20.1. The van der Waals surface area contributed by atoms with Crippen LogP contribution in [0.2, 0.25) is 5.02 Å². The highest BCUT2D eigenvalue weighted by atomic mass is 35.5. The smallest absolute Gasteiger partial charge is 0.227 e. The van der Waals surface area contributed by atoms with E-state index in [2.05, 4.69) is 24.5 Å². The molecule has 1 aliphatic carbocycles. The standard InChI is InChI=1S/C25H32Cl2N2O2/c1-5-18(16(2)3)15-28-24(30)14-23(19-8-6-9-20(26)12-19)17(4)25(31)29-22-11-7-10-21(27)13-22/h5-11,13,16-17,19,23H,12,14-15H2,1-4H3,(H,28,30)(H,29,31)/b18-5-/t17-,19?,23?/m1/s1. The van der Waals surface area contributed by atoms with Gasteiger partial charge in [-0.15, -0.1) is 0 Å². The minimum Gasteiger partial charge on any atom is -0.352 e. The molecule has 3 atom stereocenters. The lowest BCUT2D eigenvalue weighted by Crippen LogP contribution is -2.36. The second kappa shape index (κ2) is 12.1. The summed E-state index contributed by atoms with van der Waals surface area (Å²) in [7, 11) is 0. The number of anilines is 1. The molecule has 168 valence electrons. The first kappa shape index (κ1) is 25.2. The van der Waals surface area contributed by atoms with Gasteiger partial charge in [-0.2, -0.15) is 0 Å². The van der Waals surface area contributed by atoms with Crippen molar-refractivity contribution in [2.45, 2.75) is 40.5 Å². The average molecular weight is 463 g/mol. The topological polar surface area (TPSA) is 58.2 Å². The van der Waals surface area contributed by atoms with Gasteiger partial charge in [0.2, 0.25) is 11.8 Å². The molecule has 0 saturated heterocycles. The van der Waals surface area contributed by atoms with Crippen LogP contribution < -0.4 is 10.6 Å². The Morgan fingerprint density at radius 3 is 2.58 bits per heavy atom. The molecule has 0 bridgehead atoms. The molecule has 0 spiro atoms. The van der Waals surface area contributed by atoms with Gasteiger partial charge in [-0.05, 0) is 55.4 Å². The van der Waals surface area contributed by atoms with E-state index in [1.165, 1.54) is 5.57 Å². The number of carbonyl (C=O) groups is 2. The lowest BCUT2D eigenvalue weighted by atomic mass is 9.76. The van der Waals surface area contributed by atoms with Crippen LogP contribution in [0.25, 0.3) is 0 Å². The van der Waals surface area contributed by atoms with Crippen molar-refractivity contribution < 1.29 is 9.59 Å². The fourth-order valence-corrected chi connectivity index (χ4v) is 4.24. The number of nitrogens with one attached hydrogen (secondary N) is 2. The lowest BCUT2D eigenvalue weighted by molar-refractivity contribution is -0.125. The van der Waals surface area contributed by atoms with Crippen LogP contribution in [0.1, 0.15) is 40.5 Å². The first-order valence-electron chi connectivity index (χ1n) is 10.7. The molecule has 31 heavy (non-hydrogen) atoms. The molecule has 6 heteroatoms. The van der Waals surface area contributed by atoms with E-state index < -0.39 is 5.92 Å². The Balaban J connectivity index is 2.12. The van der Waals surface area contributed by atoms with Crippen LogP contribution in [0.4, 0.5) is 5.69 Å². The molecule has 0 aromatic heterocycles. The summed E-state index contributed by atoms with van der Waals surface area (Å²) in [5.41, 5.74) is 1.82. The van der Waals surface area contributed by atoms with Crippen molar-refractivity contribution in [3.8, 4) is 0 Å². The zero-order valence-electron chi connectivity index (χ0n) is 18.6.